The highest BCUT2D eigenvalue weighted by atomic mass is 15.2. The van der Waals surface area contributed by atoms with Crippen molar-refractivity contribution in [1.29, 1.82) is 0 Å². The van der Waals surface area contributed by atoms with Crippen LogP contribution in [0, 0.1) is 5.92 Å². The van der Waals surface area contributed by atoms with E-state index in [9.17, 15) is 0 Å². The van der Waals surface area contributed by atoms with Gasteiger partial charge in [-0.25, -0.2) is 4.98 Å². The van der Waals surface area contributed by atoms with Gasteiger partial charge in [-0.2, -0.15) is 0 Å². The second-order valence-corrected chi connectivity index (χ2v) is 6.93. The fourth-order valence-electron chi connectivity index (χ4n) is 3.34. The number of likely N-dealkylation sites (N-methyl/N-ethyl adjacent to an activating group) is 1. The molecule has 2 rings (SSSR count). The third-order valence-corrected chi connectivity index (χ3v) is 4.90. The van der Waals surface area contributed by atoms with Crippen molar-refractivity contribution in [2.75, 3.05) is 33.2 Å². The Morgan fingerprint density at radius 3 is 2.52 bits per heavy atom. The van der Waals surface area contributed by atoms with Crippen molar-refractivity contribution >= 4 is 0 Å². The fraction of sp³-hybridized carbons (Fsp3) is 0.812. The first-order valence-corrected chi connectivity index (χ1v) is 8.07. The standard InChI is InChI=1S/C16H31N5/c1-14(2)11-21-8-5-16(13-17,6-9-21)20(4)12-15-18-7-10-19(15)3/h7,10,14H,5-6,8-9,11-13,17H2,1-4H3. The number of nitrogens with zero attached hydrogens (tertiary/aromatic N) is 4. The zero-order valence-corrected chi connectivity index (χ0v) is 14.0. The Labute approximate surface area is 129 Å². The van der Waals surface area contributed by atoms with Crippen molar-refractivity contribution in [2.24, 2.45) is 18.7 Å². The average molecular weight is 293 g/mol. The zero-order valence-electron chi connectivity index (χ0n) is 14.0. The van der Waals surface area contributed by atoms with Gasteiger partial charge in [-0.05, 0) is 38.9 Å². The van der Waals surface area contributed by atoms with Gasteiger partial charge in [0, 0.05) is 38.1 Å². The van der Waals surface area contributed by atoms with E-state index < -0.39 is 0 Å². The molecule has 0 atom stereocenters. The highest BCUT2D eigenvalue weighted by Crippen LogP contribution is 2.28. The molecule has 0 spiro atoms. The van der Waals surface area contributed by atoms with Crippen LogP contribution in [-0.4, -0.2) is 58.1 Å². The van der Waals surface area contributed by atoms with E-state index in [1.54, 1.807) is 0 Å². The molecule has 1 aromatic rings. The van der Waals surface area contributed by atoms with Crippen LogP contribution in [0.4, 0.5) is 0 Å². The lowest BCUT2D eigenvalue weighted by Crippen LogP contribution is -2.58. The number of hydrogen-bond acceptors (Lipinski definition) is 4. The summed E-state index contributed by atoms with van der Waals surface area (Å²) in [4.78, 5) is 9.44. The van der Waals surface area contributed by atoms with Crippen molar-refractivity contribution in [3.05, 3.63) is 18.2 Å². The molecule has 1 saturated heterocycles. The van der Waals surface area contributed by atoms with E-state index in [1.165, 1.54) is 6.54 Å². The van der Waals surface area contributed by atoms with Crippen molar-refractivity contribution < 1.29 is 0 Å². The summed E-state index contributed by atoms with van der Waals surface area (Å²) in [5, 5.41) is 0. The normalized spacial score (nSPS) is 19.6. The maximum atomic E-state index is 6.17. The topological polar surface area (TPSA) is 50.3 Å². The molecule has 2 N–H and O–H groups in total. The van der Waals surface area contributed by atoms with Crippen molar-refractivity contribution in [1.82, 2.24) is 19.4 Å². The average Bonchev–Trinajstić information content (AvgIpc) is 2.85. The summed E-state index contributed by atoms with van der Waals surface area (Å²) in [5.41, 5.74) is 6.29. The van der Waals surface area contributed by atoms with Gasteiger partial charge in [0.25, 0.3) is 0 Å². The van der Waals surface area contributed by atoms with Crippen molar-refractivity contribution in [2.45, 2.75) is 38.8 Å². The first-order valence-electron chi connectivity index (χ1n) is 8.07. The van der Waals surface area contributed by atoms with E-state index in [4.69, 9.17) is 5.73 Å². The highest BCUT2D eigenvalue weighted by Gasteiger charge is 2.37. The third-order valence-electron chi connectivity index (χ3n) is 4.90. The molecule has 120 valence electrons. The van der Waals surface area contributed by atoms with Crippen molar-refractivity contribution in [3.8, 4) is 0 Å². The lowest BCUT2D eigenvalue weighted by atomic mass is 9.85. The van der Waals surface area contributed by atoms with E-state index in [1.807, 2.05) is 12.4 Å². The Bertz CT molecular complexity index is 432. The molecule has 5 heteroatoms. The van der Waals surface area contributed by atoms with E-state index in [2.05, 4.69) is 47.3 Å². The molecule has 0 aromatic carbocycles. The maximum absolute atomic E-state index is 6.17. The van der Waals surface area contributed by atoms with Gasteiger partial charge < -0.3 is 15.2 Å². The van der Waals surface area contributed by atoms with Gasteiger partial charge in [-0.3, -0.25) is 4.90 Å². The number of likely N-dealkylation sites (tertiary alicyclic amines) is 1. The summed E-state index contributed by atoms with van der Waals surface area (Å²) in [6.07, 6.45) is 6.17. The zero-order chi connectivity index (χ0) is 15.5. The summed E-state index contributed by atoms with van der Waals surface area (Å²) in [5.74, 6) is 1.84. The lowest BCUT2D eigenvalue weighted by Gasteiger charge is -2.47. The molecule has 0 bridgehead atoms. The van der Waals surface area contributed by atoms with E-state index >= 15 is 0 Å². The number of aryl methyl sites for hydroxylation is 1. The van der Waals surface area contributed by atoms with Crippen LogP contribution in [0.5, 0.6) is 0 Å². The monoisotopic (exact) mass is 293 g/mol. The van der Waals surface area contributed by atoms with Crippen LogP contribution in [-0.2, 0) is 13.6 Å². The summed E-state index contributed by atoms with van der Waals surface area (Å²) in [6, 6.07) is 0. The fourth-order valence-corrected chi connectivity index (χ4v) is 3.34. The Morgan fingerprint density at radius 1 is 1.38 bits per heavy atom. The second-order valence-electron chi connectivity index (χ2n) is 6.93. The van der Waals surface area contributed by atoms with Gasteiger partial charge in [0.2, 0.25) is 0 Å². The summed E-state index contributed by atoms with van der Waals surface area (Å²) >= 11 is 0. The summed E-state index contributed by atoms with van der Waals surface area (Å²) in [6.45, 7) is 9.68. The summed E-state index contributed by atoms with van der Waals surface area (Å²) < 4.78 is 2.09. The van der Waals surface area contributed by atoms with Crippen LogP contribution in [0.15, 0.2) is 12.4 Å². The Morgan fingerprint density at radius 2 is 2.05 bits per heavy atom. The number of nitrogens with two attached hydrogens (primary N) is 1. The van der Waals surface area contributed by atoms with Crippen LogP contribution >= 0.6 is 0 Å². The molecule has 1 aromatic heterocycles. The van der Waals surface area contributed by atoms with Crippen LogP contribution in [0.3, 0.4) is 0 Å². The van der Waals surface area contributed by atoms with E-state index in [0.29, 0.717) is 0 Å². The lowest BCUT2D eigenvalue weighted by molar-refractivity contribution is 0.0344. The number of piperidine rings is 1. The number of hydrogen-bond donors (Lipinski definition) is 1. The van der Waals surface area contributed by atoms with Gasteiger partial charge in [0.05, 0.1) is 6.54 Å². The third kappa shape index (κ3) is 3.84. The number of rotatable bonds is 6. The highest BCUT2D eigenvalue weighted by molar-refractivity contribution is 4.99. The van der Waals surface area contributed by atoms with E-state index in [-0.39, 0.29) is 5.54 Å². The van der Waals surface area contributed by atoms with Gasteiger partial charge in [0.15, 0.2) is 0 Å². The first kappa shape index (κ1) is 16.5. The smallest absolute Gasteiger partial charge is 0.122 e. The number of aromatic nitrogens is 2. The van der Waals surface area contributed by atoms with Crippen molar-refractivity contribution in [3.63, 3.8) is 0 Å². The SMILES string of the molecule is CC(C)CN1CCC(CN)(N(C)Cc2nccn2C)CC1. The molecule has 0 aliphatic carbocycles. The van der Waals surface area contributed by atoms with Crippen LogP contribution in [0.25, 0.3) is 0 Å². The molecular weight excluding hydrogens is 262 g/mol. The minimum Gasteiger partial charge on any atom is -0.337 e. The molecule has 0 amide bonds. The molecular formula is C16H31N5. The Kier molecular flexibility index (Phi) is 5.41. The predicted molar refractivity (Wildman–Crippen MR) is 87.0 cm³/mol. The van der Waals surface area contributed by atoms with Crippen LogP contribution < -0.4 is 5.73 Å². The Balaban J connectivity index is 1.97. The molecule has 1 aliphatic heterocycles. The molecule has 2 heterocycles. The molecule has 21 heavy (non-hydrogen) atoms. The molecule has 1 aliphatic rings. The van der Waals surface area contributed by atoms with Gasteiger partial charge >= 0.3 is 0 Å². The van der Waals surface area contributed by atoms with Crippen LogP contribution in [0.1, 0.15) is 32.5 Å². The summed E-state index contributed by atoms with van der Waals surface area (Å²) in [7, 11) is 4.25. The molecule has 0 radical (unpaired) electrons. The van der Waals surface area contributed by atoms with Gasteiger partial charge in [0.1, 0.15) is 5.82 Å². The second kappa shape index (κ2) is 6.90. The van der Waals surface area contributed by atoms with E-state index in [0.717, 1.165) is 50.8 Å². The first-order chi connectivity index (χ1) is 9.97. The predicted octanol–water partition coefficient (Wildman–Crippen LogP) is 1.30. The quantitative estimate of drug-likeness (QED) is 0.859. The van der Waals surface area contributed by atoms with Gasteiger partial charge in [-0.15, -0.1) is 0 Å². The minimum atomic E-state index is 0.124. The Hall–Kier alpha value is -0.910. The molecule has 1 fully saturated rings. The number of imidazole rings is 1. The molecule has 0 unspecified atom stereocenters. The molecule has 5 nitrogen and oxygen atoms in total. The maximum Gasteiger partial charge on any atom is 0.122 e. The van der Waals surface area contributed by atoms with Crippen LogP contribution in [0.2, 0.25) is 0 Å². The molecule has 0 saturated carbocycles. The largest absolute Gasteiger partial charge is 0.337 e. The van der Waals surface area contributed by atoms with Gasteiger partial charge in [-0.1, -0.05) is 13.8 Å². The minimum absolute atomic E-state index is 0.124.